The van der Waals surface area contributed by atoms with Crippen molar-refractivity contribution in [3.05, 3.63) is 36.9 Å². The van der Waals surface area contributed by atoms with Crippen molar-refractivity contribution in [3.8, 4) is 0 Å². The Morgan fingerprint density at radius 1 is 0.958 bits per heavy atom. The van der Waals surface area contributed by atoms with E-state index in [-0.39, 0.29) is 0 Å². The number of pyridine rings is 3. The van der Waals surface area contributed by atoms with E-state index in [9.17, 15) is 0 Å². The molecule has 0 spiro atoms. The van der Waals surface area contributed by atoms with E-state index in [0.717, 1.165) is 59.0 Å². The minimum absolute atomic E-state index is 0.983. The highest BCUT2D eigenvalue weighted by Crippen LogP contribution is 2.36. The summed E-state index contributed by atoms with van der Waals surface area (Å²) in [6.45, 7) is 4.14. The van der Waals surface area contributed by atoms with E-state index in [4.69, 9.17) is 4.98 Å². The number of rotatable bonds is 1. The zero-order valence-corrected chi connectivity index (χ0v) is 13.5. The average molecular weight is 318 g/mol. The Hall–Kier alpha value is -2.73. The molecule has 120 valence electrons. The van der Waals surface area contributed by atoms with Crippen LogP contribution in [0.3, 0.4) is 0 Å². The first-order valence-corrected chi connectivity index (χ1v) is 8.24. The smallest absolute Gasteiger partial charge is 0.100 e. The first-order valence-electron chi connectivity index (χ1n) is 8.24. The Morgan fingerprint density at radius 3 is 2.54 bits per heavy atom. The van der Waals surface area contributed by atoms with Gasteiger partial charge in [0.05, 0.1) is 22.2 Å². The SMILES string of the molecule is CN1CCN(c2c3cnccc3nc3c2[nH]c2ccncc23)CC1. The highest BCUT2D eigenvalue weighted by Gasteiger charge is 2.22. The molecule has 6 heteroatoms. The molecule has 1 fully saturated rings. The van der Waals surface area contributed by atoms with Crippen molar-refractivity contribution < 1.29 is 0 Å². The van der Waals surface area contributed by atoms with E-state index in [0.29, 0.717) is 0 Å². The van der Waals surface area contributed by atoms with E-state index in [1.807, 2.05) is 36.9 Å². The molecule has 0 atom stereocenters. The molecular formula is C18H18N6. The van der Waals surface area contributed by atoms with Crippen molar-refractivity contribution in [2.75, 3.05) is 38.1 Å². The Kier molecular flexibility index (Phi) is 2.93. The molecule has 1 saturated heterocycles. The summed E-state index contributed by atoms with van der Waals surface area (Å²) >= 11 is 0. The Balaban J connectivity index is 1.86. The first-order chi connectivity index (χ1) is 11.8. The van der Waals surface area contributed by atoms with Gasteiger partial charge < -0.3 is 14.8 Å². The highest BCUT2D eigenvalue weighted by atomic mass is 15.3. The van der Waals surface area contributed by atoms with Gasteiger partial charge in [0, 0.05) is 61.7 Å². The fraction of sp³-hybridized carbons (Fsp3) is 0.278. The van der Waals surface area contributed by atoms with Gasteiger partial charge in [-0.2, -0.15) is 0 Å². The predicted octanol–water partition coefficient (Wildman–Crippen LogP) is 2.41. The van der Waals surface area contributed by atoms with Gasteiger partial charge in [0.1, 0.15) is 5.52 Å². The minimum Gasteiger partial charge on any atom is -0.367 e. The number of nitrogens with zero attached hydrogens (tertiary/aromatic N) is 5. The number of H-pyrrole nitrogens is 1. The third-order valence-electron chi connectivity index (χ3n) is 4.91. The van der Waals surface area contributed by atoms with Crippen LogP contribution in [0.2, 0.25) is 0 Å². The van der Waals surface area contributed by atoms with Crippen LogP contribution in [0, 0.1) is 0 Å². The number of aromatic amines is 1. The van der Waals surface area contributed by atoms with Crippen molar-refractivity contribution in [2.45, 2.75) is 0 Å². The topological polar surface area (TPSA) is 60.9 Å². The predicted molar refractivity (Wildman–Crippen MR) is 96.4 cm³/mol. The van der Waals surface area contributed by atoms with Crippen LogP contribution in [0.4, 0.5) is 5.69 Å². The molecule has 0 aliphatic carbocycles. The number of aromatic nitrogens is 4. The Morgan fingerprint density at radius 2 is 1.71 bits per heavy atom. The molecule has 0 unspecified atom stereocenters. The molecule has 4 aromatic heterocycles. The number of anilines is 1. The number of likely N-dealkylation sites (N-methyl/N-ethyl adjacent to an activating group) is 1. The molecule has 1 aliphatic heterocycles. The number of fused-ring (bicyclic) bond motifs is 4. The summed E-state index contributed by atoms with van der Waals surface area (Å²) in [6.07, 6.45) is 7.44. The number of hydrogen-bond donors (Lipinski definition) is 1. The second kappa shape index (κ2) is 5.14. The van der Waals surface area contributed by atoms with Gasteiger partial charge in [0.25, 0.3) is 0 Å². The standard InChI is InChI=1S/C18H18N6/c1-23-6-8-24(9-7-23)18-13-11-20-5-3-15(13)21-16-12-10-19-4-2-14(12)22-17(16)18/h2-5,10-11,22H,6-9H2,1H3. The lowest BCUT2D eigenvalue weighted by atomic mass is 10.1. The Bertz CT molecular complexity index is 1050. The molecule has 24 heavy (non-hydrogen) atoms. The van der Waals surface area contributed by atoms with Gasteiger partial charge in [-0.1, -0.05) is 0 Å². The third kappa shape index (κ3) is 1.96. The molecule has 0 saturated carbocycles. The van der Waals surface area contributed by atoms with Crippen LogP contribution >= 0.6 is 0 Å². The van der Waals surface area contributed by atoms with Crippen LogP contribution in [0.1, 0.15) is 0 Å². The largest absolute Gasteiger partial charge is 0.367 e. The molecule has 0 aromatic carbocycles. The monoisotopic (exact) mass is 318 g/mol. The quantitative estimate of drug-likeness (QED) is 0.584. The van der Waals surface area contributed by atoms with Crippen molar-refractivity contribution >= 4 is 38.5 Å². The second-order valence-corrected chi connectivity index (χ2v) is 6.41. The lowest BCUT2D eigenvalue weighted by molar-refractivity contribution is 0.313. The number of piperazine rings is 1. The van der Waals surface area contributed by atoms with E-state index < -0.39 is 0 Å². The van der Waals surface area contributed by atoms with Gasteiger partial charge in [0.2, 0.25) is 0 Å². The molecule has 1 N–H and O–H groups in total. The average Bonchev–Trinajstić information content (AvgIpc) is 2.99. The van der Waals surface area contributed by atoms with Crippen LogP contribution < -0.4 is 4.90 Å². The van der Waals surface area contributed by atoms with Gasteiger partial charge in [0.15, 0.2) is 0 Å². The molecule has 0 radical (unpaired) electrons. The molecule has 1 aliphatic rings. The summed E-state index contributed by atoms with van der Waals surface area (Å²) in [5.41, 5.74) is 5.35. The zero-order valence-electron chi connectivity index (χ0n) is 13.5. The van der Waals surface area contributed by atoms with Crippen LogP contribution in [0.25, 0.3) is 32.8 Å². The third-order valence-corrected chi connectivity index (χ3v) is 4.91. The molecule has 5 heterocycles. The van der Waals surface area contributed by atoms with Crippen LogP contribution in [-0.2, 0) is 0 Å². The maximum absolute atomic E-state index is 4.89. The summed E-state index contributed by atoms with van der Waals surface area (Å²) < 4.78 is 0. The van der Waals surface area contributed by atoms with Crippen molar-refractivity contribution in [1.29, 1.82) is 0 Å². The second-order valence-electron chi connectivity index (χ2n) is 6.41. The van der Waals surface area contributed by atoms with E-state index >= 15 is 0 Å². The fourth-order valence-electron chi connectivity index (χ4n) is 3.59. The zero-order chi connectivity index (χ0) is 16.1. The molecule has 6 nitrogen and oxygen atoms in total. The van der Waals surface area contributed by atoms with Crippen molar-refractivity contribution in [1.82, 2.24) is 24.8 Å². The lowest BCUT2D eigenvalue weighted by Crippen LogP contribution is -2.44. The summed E-state index contributed by atoms with van der Waals surface area (Å²) in [6, 6.07) is 4.00. The van der Waals surface area contributed by atoms with E-state index in [2.05, 4.69) is 31.8 Å². The molecule has 0 bridgehead atoms. The minimum atomic E-state index is 0.983. The lowest BCUT2D eigenvalue weighted by Gasteiger charge is -2.34. The van der Waals surface area contributed by atoms with Gasteiger partial charge >= 0.3 is 0 Å². The number of hydrogen-bond acceptors (Lipinski definition) is 5. The van der Waals surface area contributed by atoms with Gasteiger partial charge in [-0.3, -0.25) is 9.97 Å². The van der Waals surface area contributed by atoms with Crippen molar-refractivity contribution in [2.24, 2.45) is 0 Å². The summed E-state index contributed by atoms with van der Waals surface area (Å²) in [5.74, 6) is 0. The summed E-state index contributed by atoms with van der Waals surface area (Å²) in [5, 5.41) is 2.18. The Labute approximate surface area is 139 Å². The van der Waals surface area contributed by atoms with Crippen LogP contribution in [-0.4, -0.2) is 58.1 Å². The number of nitrogens with one attached hydrogen (secondary N) is 1. The maximum atomic E-state index is 4.89. The summed E-state index contributed by atoms with van der Waals surface area (Å²) in [4.78, 5) is 21.9. The maximum Gasteiger partial charge on any atom is 0.100 e. The first kappa shape index (κ1) is 13.7. The molecule has 4 aromatic rings. The van der Waals surface area contributed by atoms with Gasteiger partial charge in [-0.05, 0) is 19.2 Å². The van der Waals surface area contributed by atoms with Crippen LogP contribution in [0.15, 0.2) is 36.9 Å². The van der Waals surface area contributed by atoms with Crippen LogP contribution in [0.5, 0.6) is 0 Å². The highest BCUT2D eigenvalue weighted by molar-refractivity contribution is 6.15. The van der Waals surface area contributed by atoms with E-state index in [1.165, 1.54) is 5.69 Å². The van der Waals surface area contributed by atoms with Gasteiger partial charge in [-0.25, -0.2) is 4.98 Å². The fourth-order valence-corrected chi connectivity index (χ4v) is 3.59. The van der Waals surface area contributed by atoms with Gasteiger partial charge in [-0.15, -0.1) is 0 Å². The molecule has 5 rings (SSSR count). The van der Waals surface area contributed by atoms with Crippen molar-refractivity contribution in [3.63, 3.8) is 0 Å². The normalized spacial score (nSPS) is 16.5. The summed E-state index contributed by atoms with van der Waals surface area (Å²) in [7, 11) is 2.17. The molecular weight excluding hydrogens is 300 g/mol. The van der Waals surface area contributed by atoms with E-state index in [1.54, 1.807) is 0 Å². The molecule has 0 amide bonds.